The SMILES string of the molecule is CC(C)N(Cc1cccs1)C(=O)C(F)(F)C(F)(F)F. The Bertz CT molecular complexity index is 427. The number of thiophene rings is 1. The number of amides is 1. The molecule has 1 aromatic rings. The van der Waals surface area contributed by atoms with Crippen molar-refractivity contribution in [3.63, 3.8) is 0 Å². The molecule has 1 heterocycles. The van der Waals surface area contributed by atoms with E-state index in [1.165, 1.54) is 25.2 Å². The minimum atomic E-state index is -5.88. The predicted molar refractivity (Wildman–Crippen MR) is 61.0 cm³/mol. The Morgan fingerprint density at radius 1 is 1.32 bits per heavy atom. The number of halogens is 5. The van der Waals surface area contributed by atoms with Gasteiger partial charge in [0.1, 0.15) is 0 Å². The van der Waals surface area contributed by atoms with E-state index < -0.39 is 24.0 Å². The zero-order chi connectivity index (χ0) is 14.8. The highest BCUT2D eigenvalue weighted by Crippen LogP contribution is 2.37. The molecule has 0 fully saturated rings. The quantitative estimate of drug-likeness (QED) is 0.777. The summed E-state index contributed by atoms with van der Waals surface area (Å²) in [5.74, 6) is -7.59. The van der Waals surface area contributed by atoms with E-state index in [1.54, 1.807) is 17.5 Å². The summed E-state index contributed by atoms with van der Waals surface area (Å²) in [5.41, 5.74) is 0. The average Bonchev–Trinajstić information content (AvgIpc) is 2.75. The third kappa shape index (κ3) is 3.43. The maximum Gasteiger partial charge on any atom is 0.463 e. The van der Waals surface area contributed by atoms with Crippen LogP contribution in [0.5, 0.6) is 0 Å². The molecule has 0 aliphatic rings. The molecule has 1 amide bonds. The first kappa shape index (κ1) is 15.9. The van der Waals surface area contributed by atoms with Crippen molar-refractivity contribution in [3.8, 4) is 0 Å². The van der Waals surface area contributed by atoms with Gasteiger partial charge in [-0.3, -0.25) is 4.79 Å². The molecule has 0 N–H and O–H groups in total. The van der Waals surface area contributed by atoms with Gasteiger partial charge in [0.15, 0.2) is 0 Å². The van der Waals surface area contributed by atoms with Crippen molar-refractivity contribution >= 4 is 17.2 Å². The molecule has 0 saturated carbocycles. The minimum absolute atomic E-state index is 0.264. The van der Waals surface area contributed by atoms with Gasteiger partial charge in [0.25, 0.3) is 0 Å². The molecule has 19 heavy (non-hydrogen) atoms. The molecule has 8 heteroatoms. The molecule has 0 radical (unpaired) electrons. The van der Waals surface area contributed by atoms with Gasteiger partial charge in [-0.15, -0.1) is 11.3 Å². The molecule has 1 rings (SSSR count). The van der Waals surface area contributed by atoms with Gasteiger partial charge in [0, 0.05) is 10.9 Å². The highest BCUT2D eigenvalue weighted by molar-refractivity contribution is 7.09. The van der Waals surface area contributed by atoms with Crippen molar-refractivity contribution in [1.82, 2.24) is 4.90 Å². The lowest BCUT2D eigenvalue weighted by Gasteiger charge is -2.30. The fourth-order valence-corrected chi connectivity index (χ4v) is 2.06. The van der Waals surface area contributed by atoms with Crippen LogP contribution in [-0.4, -0.2) is 28.9 Å². The Hall–Kier alpha value is -1.18. The van der Waals surface area contributed by atoms with Gasteiger partial charge in [0.2, 0.25) is 0 Å². The third-order valence-corrected chi connectivity index (χ3v) is 3.28. The smallest absolute Gasteiger partial charge is 0.330 e. The zero-order valence-corrected chi connectivity index (χ0v) is 11.0. The molecule has 0 spiro atoms. The Labute approximate surface area is 110 Å². The first-order chi connectivity index (χ1) is 8.57. The Morgan fingerprint density at radius 3 is 2.26 bits per heavy atom. The Morgan fingerprint density at radius 2 is 1.89 bits per heavy atom. The molecule has 108 valence electrons. The van der Waals surface area contributed by atoms with Crippen molar-refractivity contribution in [2.75, 3.05) is 0 Å². The van der Waals surface area contributed by atoms with Gasteiger partial charge in [0.05, 0.1) is 6.54 Å². The predicted octanol–water partition coefficient (Wildman–Crippen LogP) is 3.68. The van der Waals surface area contributed by atoms with E-state index in [2.05, 4.69) is 0 Å². The highest BCUT2D eigenvalue weighted by Gasteiger charge is 2.64. The summed E-state index contributed by atoms with van der Waals surface area (Å²) in [6.45, 7) is 2.51. The van der Waals surface area contributed by atoms with Crippen LogP contribution in [0.3, 0.4) is 0 Å². The van der Waals surface area contributed by atoms with E-state index in [9.17, 15) is 26.7 Å². The number of rotatable bonds is 4. The second-order valence-electron chi connectivity index (χ2n) is 4.18. The standard InChI is InChI=1S/C11H12F5NOS/c1-7(2)17(6-8-4-3-5-19-8)9(18)10(12,13)11(14,15)16/h3-5,7H,6H2,1-2H3. The van der Waals surface area contributed by atoms with E-state index in [4.69, 9.17) is 0 Å². The molecule has 0 aliphatic heterocycles. The van der Waals surface area contributed by atoms with E-state index in [1.807, 2.05) is 0 Å². The van der Waals surface area contributed by atoms with Crippen molar-refractivity contribution in [2.45, 2.75) is 38.5 Å². The second-order valence-corrected chi connectivity index (χ2v) is 5.21. The number of carbonyl (C=O) groups excluding carboxylic acids is 1. The lowest BCUT2D eigenvalue weighted by Crippen LogP contribution is -2.53. The van der Waals surface area contributed by atoms with Crippen LogP contribution in [-0.2, 0) is 11.3 Å². The molecule has 1 aromatic heterocycles. The molecule has 0 saturated heterocycles. The summed E-state index contributed by atoms with van der Waals surface area (Å²) >= 11 is 1.18. The van der Waals surface area contributed by atoms with Gasteiger partial charge in [-0.1, -0.05) is 6.07 Å². The molecule has 0 aliphatic carbocycles. The van der Waals surface area contributed by atoms with Crippen molar-refractivity contribution < 1.29 is 26.7 Å². The van der Waals surface area contributed by atoms with Crippen molar-refractivity contribution in [1.29, 1.82) is 0 Å². The molecular formula is C11H12F5NOS. The average molecular weight is 301 g/mol. The van der Waals surface area contributed by atoms with Crippen LogP contribution in [0.25, 0.3) is 0 Å². The topological polar surface area (TPSA) is 20.3 Å². The first-order valence-electron chi connectivity index (χ1n) is 5.35. The van der Waals surface area contributed by atoms with Gasteiger partial charge in [-0.2, -0.15) is 22.0 Å². The maximum absolute atomic E-state index is 13.1. The molecule has 0 aromatic carbocycles. The highest BCUT2D eigenvalue weighted by atomic mass is 32.1. The lowest BCUT2D eigenvalue weighted by atomic mass is 10.2. The van der Waals surface area contributed by atoms with Crippen molar-refractivity contribution in [3.05, 3.63) is 22.4 Å². The first-order valence-corrected chi connectivity index (χ1v) is 6.23. The molecule has 0 atom stereocenters. The summed E-state index contributed by atoms with van der Waals surface area (Å²) in [6.07, 6.45) is -5.88. The zero-order valence-electron chi connectivity index (χ0n) is 10.2. The number of alkyl halides is 5. The molecular weight excluding hydrogens is 289 g/mol. The van der Waals surface area contributed by atoms with Crippen molar-refractivity contribution in [2.24, 2.45) is 0 Å². The van der Waals surface area contributed by atoms with Crippen LogP contribution in [0, 0.1) is 0 Å². The summed E-state index contributed by atoms with van der Waals surface area (Å²) in [5, 5.41) is 1.65. The van der Waals surface area contributed by atoms with Gasteiger partial charge >= 0.3 is 18.0 Å². The Kier molecular flexibility index (Phi) is 4.54. The molecule has 2 nitrogen and oxygen atoms in total. The van der Waals surface area contributed by atoms with E-state index in [0.29, 0.717) is 9.78 Å². The van der Waals surface area contributed by atoms with E-state index in [-0.39, 0.29) is 6.54 Å². The fraction of sp³-hybridized carbons (Fsp3) is 0.545. The largest absolute Gasteiger partial charge is 0.463 e. The second kappa shape index (κ2) is 5.44. The van der Waals surface area contributed by atoms with E-state index in [0.717, 1.165) is 0 Å². The Balaban J connectivity index is 2.97. The summed E-state index contributed by atoms with van der Waals surface area (Å²) in [4.78, 5) is 12.5. The molecule has 0 bridgehead atoms. The van der Waals surface area contributed by atoms with Crippen LogP contribution in [0.15, 0.2) is 17.5 Å². The normalized spacial score (nSPS) is 12.8. The number of nitrogens with zero attached hydrogens (tertiary/aromatic N) is 1. The summed E-state index contributed by atoms with van der Waals surface area (Å²) < 4.78 is 62.7. The summed E-state index contributed by atoms with van der Waals surface area (Å²) in [7, 11) is 0. The van der Waals surface area contributed by atoms with Crippen LogP contribution < -0.4 is 0 Å². The molecule has 0 unspecified atom stereocenters. The minimum Gasteiger partial charge on any atom is -0.330 e. The lowest BCUT2D eigenvalue weighted by molar-refractivity contribution is -0.275. The van der Waals surface area contributed by atoms with Gasteiger partial charge in [-0.25, -0.2) is 0 Å². The summed E-state index contributed by atoms with van der Waals surface area (Å²) in [6, 6.07) is 2.44. The third-order valence-electron chi connectivity index (χ3n) is 2.42. The van der Waals surface area contributed by atoms with Crippen LogP contribution in [0.1, 0.15) is 18.7 Å². The van der Waals surface area contributed by atoms with Gasteiger partial charge < -0.3 is 4.90 Å². The fourth-order valence-electron chi connectivity index (χ4n) is 1.36. The number of carbonyl (C=O) groups is 1. The van der Waals surface area contributed by atoms with E-state index >= 15 is 0 Å². The van der Waals surface area contributed by atoms with Crippen LogP contribution >= 0.6 is 11.3 Å². The van der Waals surface area contributed by atoms with Gasteiger partial charge in [-0.05, 0) is 25.3 Å². The monoisotopic (exact) mass is 301 g/mol. The van der Waals surface area contributed by atoms with Crippen LogP contribution in [0.2, 0.25) is 0 Å². The van der Waals surface area contributed by atoms with Crippen LogP contribution in [0.4, 0.5) is 22.0 Å². The number of hydrogen-bond acceptors (Lipinski definition) is 2. The number of hydrogen-bond donors (Lipinski definition) is 0. The maximum atomic E-state index is 13.1.